The monoisotopic (exact) mass is 385 g/mol. The minimum atomic E-state index is -0.800. The Morgan fingerprint density at radius 1 is 1.18 bits per heavy atom. The third-order valence-electron chi connectivity index (χ3n) is 6.06. The molecule has 150 valence electrons. The first-order chi connectivity index (χ1) is 13.6. The van der Waals surface area contributed by atoms with Gasteiger partial charge in [0.15, 0.2) is 0 Å². The molecule has 1 saturated heterocycles. The molecule has 0 atom stereocenters. The van der Waals surface area contributed by atoms with E-state index in [4.69, 9.17) is 4.42 Å². The van der Waals surface area contributed by atoms with Crippen molar-refractivity contribution < 1.29 is 18.8 Å². The van der Waals surface area contributed by atoms with Crippen molar-refractivity contribution in [2.45, 2.75) is 69.9 Å². The van der Waals surface area contributed by atoms with Crippen LogP contribution in [-0.4, -0.2) is 39.7 Å². The molecule has 2 aliphatic carbocycles. The van der Waals surface area contributed by atoms with Gasteiger partial charge in [-0.1, -0.05) is 25.3 Å². The van der Waals surface area contributed by atoms with Gasteiger partial charge in [-0.15, -0.1) is 0 Å². The number of hydrogen-bond acceptors (Lipinski definition) is 4. The fraction of sp³-hybridized carbons (Fsp3) is 0.571. The average molecular weight is 385 g/mol. The Morgan fingerprint density at radius 3 is 2.68 bits per heavy atom. The van der Waals surface area contributed by atoms with Crippen LogP contribution in [0.15, 0.2) is 34.6 Å². The number of nitrogens with one attached hydrogen (secondary N) is 1. The van der Waals surface area contributed by atoms with E-state index in [-0.39, 0.29) is 18.4 Å². The number of amides is 4. The second-order valence-electron chi connectivity index (χ2n) is 7.96. The van der Waals surface area contributed by atoms with Crippen molar-refractivity contribution in [1.82, 2.24) is 15.1 Å². The second kappa shape index (κ2) is 7.81. The van der Waals surface area contributed by atoms with Gasteiger partial charge in [-0.05, 0) is 50.7 Å². The quantitative estimate of drug-likeness (QED) is 0.788. The van der Waals surface area contributed by atoms with Gasteiger partial charge in [-0.3, -0.25) is 14.5 Å². The third-order valence-corrected chi connectivity index (χ3v) is 6.06. The fourth-order valence-corrected chi connectivity index (χ4v) is 4.51. The molecular weight excluding hydrogens is 358 g/mol. The Kier molecular flexibility index (Phi) is 5.24. The van der Waals surface area contributed by atoms with Gasteiger partial charge in [0.2, 0.25) is 5.91 Å². The van der Waals surface area contributed by atoms with Crippen molar-refractivity contribution in [2.24, 2.45) is 0 Å². The molecule has 3 aliphatic rings. The van der Waals surface area contributed by atoms with Crippen molar-refractivity contribution in [3.05, 3.63) is 35.9 Å². The summed E-state index contributed by atoms with van der Waals surface area (Å²) in [5, 5.41) is 2.87. The zero-order valence-corrected chi connectivity index (χ0v) is 16.1. The van der Waals surface area contributed by atoms with Crippen LogP contribution in [0.25, 0.3) is 0 Å². The minimum absolute atomic E-state index is 0.232. The zero-order chi connectivity index (χ0) is 19.6. The molecule has 1 spiro atoms. The summed E-state index contributed by atoms with van der Waals surface area (Å²) in [7, 11) is 0. The maximum atomic E-state index is 13.2. The van der Waals surface area contributed by atoms with E-state index in [0.29, 0.717) is 25.1 Å². The normalized spacial score (nSPS) is 21.6. The lowest BCUT2D eigenvalue weighted by Gasteiger charge is -2.31. The van der Waals surface area contributed by atoms with Gasteiger partial charge in [0, 0.05) is 5.70 Å². The molecule has 2 fully saturated rings. The first-order valence-electron chi connectivity index (χ1n) is 10.2. The topological polar surface area (TPSA) is 82.9 Å². The molecule has 28 heavy (non-hydrogen) atoms. The molecule has 7 heteroatoms. The maximum absolute atomic E-state index is 13.2. The highest BCUT2D eigenvalue weighted by molar-refractivity contribution is 6.09. The SMILES string of the molecule is O=C(CN1C(=O)NC2(CCCCC2)C1=O)N(Cc1ccco1)C1=CCCCC1. The summed E-state index contributed by atoms with van der Waals surface area (Å²) in [6, 6.07) is 3.17. The molecule has 2 heterocycles. The number of allylic oxidation sites excluding steroid dienone is 2. The summed E-state index contributed by atoms with van der Waals surface area (Å²) in [4.78, 5) is 41.4. The number of rotatable bonds is 5. The average Bonchev–Trinajstić information content (AvgIpc) is 3.30. The van der Waals surface area contributed by atoms with Gasteiger partial charge in [-0.2, -0.15) is 0 Å². The predicted octanol–water partition coefficient (Wildman–Crippen LogP) is 3.32. The van der Waals surface area contributed by atoms with E-state index in [2.05, 4.69) is 11.4 Å². The van der Waals surface area contributed by atoms with Crippen LogP contribution in [0.4, 0.5) is 4.79 Å². The maximum Gasteiger partial charge on any atom is 0.325 e. The second-order valence-corrected chi connectivity index (χ2v) is 7.96. The van der Waals surface area contributed by atoms with Gasteiger partial charge < -0.3 is 14.6 Å². The number of hydrogen-bond donors (Lipinski definition) is 1. The lowest BCUT2D eigenvalue weighted by Crippen LogP contribution is -2.49. The number of imide groups is 1. The van der Waals surface area contributed by atoms with Crippen molar-refractivity contribution in [1.29, 1.82) is 0 Å². The van der Waals surface area contributed by atoms with E-state index in [0.717, 1.165) is 55.5 Å². The molecule has 4 rings (SSSR count). The van der Waals surface area contributed by atoms with Crippen LogP contribution in [0, 0.1) is 0 Å². The molecule has 7 nitrogen and oxygen atoms in total. The highest BCUT2D eigenvalue weighted by Crippen LogP contribution is 2.34. The summed E-state index contributed by atoms with van der Waals surface area (Å²) in [5.74, 6) is 0.183. The van der Waals surface area contributed by atoms with Gasteiger partial charge in [0.1, 0.15) is 17.8 Å². The molecule has 0 radical (unpaired) electrons. The number of urea groups is 1. The third kappa shape index (κ3) is 3.57. The summed E-state index contributed by atoms with van der Waals surface area (Å²) in [5.41, 5.74) is 0.151. The smallest absolute Gasteiger partial charge is 0.325 e. The molecule has 4 amide bonds. The van der Waals surface area contributed by atoms with Crippen molar-refractivity contribution in [3.8, 4) is 0 Å². The van der Waals surface area contributed by atoms with Crippen LogP contribution >= 0.6 is 0 Å². The van der Waals surface area contributed by atoms with E-state index in [9.17, 15) is 14.4 Å². The highest BCUT2D eigenvalue weighted by atomic mass is 16.3. The molecule has 1 aromatic heterocycles. The van der Waals surface area contributed by atoms with Crippen molar-refractivity contribution >= 4 is 17.8 Å². The summed E-state index contributed by atoms with van der Waals surface area (Å²) >= 11 is 0. The van der Waals surface area contributed by atoms with Crippen molar-refractivity contribution in [2.75, 3.05) is 6.54 Å². The molecule has 1 aromatic rings. The van der Waals surface area contributed by atoms with E-state index in [1.165, 1.54) is 0 Å². The largest absolute Gasteiger partial charge is 0.467 e. The Balaban J connectivity index is 1.51. The van der Waals surface area contributed by atoms with Gasteiger partial charge in [0.05, 0.1) is 12.8 Å². The van der Waals surface area contributed by atoms with Crippen LogP contribution in [0.1, 0.15) is 63.5 Å². The van der Waals surface area contributed by atoms with Gasteiger partial charge in [0.25, 0.3) is 5.91 Å². The van der Waals surface area contributed by atoms with Crippen LogP contribution < -0.4 is 5.32 Å². The zero-order valence-electron chi connectivity index (χ0n) is 16.1. The van der Waals surface area contributed by atoms with Crippen molar-refractivity contribution in [3.63, 3.8) is 0 Å². The van der Waals surface area contributed by atoms with E-state index in [1.807, 2.05) is 6.07 Å². The van der Waals surface area contributed by atoms with E-state index < -0.39 is 11.6 Å². The Morgan fingerprint density at radius 2 is 2.00 bits per heavy atom. The first-order valence-corrected chi connectivity index (χ1v) is 10.2. The van der Waals surface area contributed by atoms with E-state index >= 15 is 0 Å². The predicted molar refractivity (Wildman–Crippen MR) is 102 cm³/mol. The summed E-state index contributed by atoms with van der Waals surface area (Å²) in [6.07, 6.45) is 11.8. The molecule has 0 bridgehead atoms. The molecule has 0 aromatic carbocycles. The number of nitrogens with zero attached hydrogens (tertiary/aromatic N) is 2. The number of carbonyl (C=O) groups is 3. The lowest BCUT2D eigenvalue weighted by atomic mass is 9.82. The van der Waals surface area contributed by atoms with Crippen LogP contribution in [0.5, 0.6) is 0 Å². The Labute approximate surface area is 164 Å². The molecule has 1 aliphatic heterocycles. The van der Waals surface area contributed by atoms with Gasteiger partial charge in [-0.25, -0.2) is 4.79 Å². The molecule has 1 N–H and O–H groups in total. The number of carbonyl (C=O) groups excluding carboxylic acids is 3. The Hall–Kier alpha value is -2.57. The molecule has 1 saturated carbocycles. The van der Waals surface area contributed by atoms with Crippen LogP contribution in [0.3, 0.4) is 0 Å². The van der Waals surface area contributed by atoms with E-state index in [1.54, 1.807) is 17.2 Å². The molecular formula is C21H27N3O4. The summed E-state index contributed by atoms with van der Waals surface area (Å²) < 4.78 is 5.43. The molecule has 0 unspecified atom stereocenters. The highest BCUT2D eigenvalue weighted by Gasteiger charge is 2.51. The fourth-order valence-electron chi connectivity index (χ4n) is 4.51. The van der Waals surface area contributed by atoms with Gasteiger partial charge >= 0.3 is 6.03 Å². The standard InChI is InChI=1S/C21H27N3O4/c25-18(15-24-19(26)21(22-20(24)27)11-5-2-6-12-21)23(14-17-10-7-13-28-17)16-8-3-1-4-9-16/h7-8,10,13H,1-6,9,11-12,14-15H2,(H,22,27). The van der Waals surface area contributed by atoms with Crippen LogP contribution in [0.2, 0.25) is 0 Å². The number of furan rings is 1. The lowest BCUT2D eigenvalue weighted by molar-refractivity contribution is -0.139. The summed E-state index contributed by atoms with van der Waals surface area (Å²) in [6.45, 7) is 0.0803. The van der Waals surface area contributed by atoms with Crippen LogP contribution in [-0.2, 0) is 16.1 Å². The minimum Gasteiger partial charge on any atom is -0.467 e. The Bertz CT molecular complexity index is 778. The first kappa shape index (κ1) is 18.8.